The van der Waals surface area contributed by atoms with Gasteiger partial charge in [0, 0.05) is 18.2 Å². The number of phenols is 1. The molecular weight excluding hydrogens is 260 g/mol. The molecular formula is C14H20N2O4. The topological polar surface area (TPSA) is 96.0 Å². The summed E-state index contributed by atoms with van der Waals surface area (Å²) in [5.74, 6) is -0.499. The van der Waals surface area contributed by atoms with Crippen LogP contribution >= 0.6 is 0 Å². The maximum absolute atomic E-state index is 11.2. The van der Waals surface area contributed by atoms with E-state index in [9.17, 15) is 9.90 Å². The van der Waals surface area contributed by atoms with E-state index in [1.807, 2.05) is 7.05 Å². The van der Waals surface area contributed by atoms with Crippen molar-refractivity contribution in [2.45, 2.75) is 12.5 Å². The van der Waals surface area contributed by atoms with Gasteiger partial charge in [-0.15, -0.1) is 0 Å². The molecule has 0 amide bonds. The molecule has 1 saturated heterocycles. The molecule has 1 aromatic carbocycles. The normalized spacial score (nSPS) is 22.9. The summed E-state index contributed by atoms with van der Waals surface area (Å²) in [6.07, 6.45) is 0.798. The second-order valence-electron chi connectivity index (χ2n) is 5.21. The molecule has 2 unspecified atom stereocenters. The van der Waals surface area contributed by atoms with Gasteiger partial charge in [-0.05, 0) is 38.1 Å². The summed E-state index contributed by atoms with van der Waals surface area (Å²) in [4.78, 5) is 13.3. The van der Waals surface area contributed by atoms with E-state index in [2.05, 4.69) is 4.90 Å². The summed E-state index contributed by atoms with van der Waals surface area (Å²) < 4.78 is 5.07. The van der Waals surface area contributed by atoms with Gasteiger partial charge < -0.3 is 20.7 Å². The standard InChI is InChI=1S/C14H20N2O4/c1-16-7-8(6-15)3-11(16)10-4-9(14(18)19)5-12(20-2)13(10)17/h4-5,8,11,17H,3,6-7,15H2,1-2H3,(H,18,19). The van der Waals surface area contributed by atoms with Crippen molar-refractivity contribution < 1.29 is 19.7 Å². The van der Waals surface area contributed by atoms with Crippen molar-refractivity contribution in [1.29, 1.82) is 0 Å². The molecule has 1 aromatic rings. The van der Waals surface area contributed by atoms with E-state index >= 15 is 0 Å². The van der Waals surface area contributed by atoms with E-state index in [0.717, 1.165) is 13.0 Å². The fraction of sp³-hybridized carbons (Fsp3) is 0.500. The molecule has 0 bridgehead atoms. The molecule has 6 heteroatoms. The van der Waals surface area contributed by atoms with Crippen LogP contribution in [0.25, 0.3) is 0 Å². The zero-order valence-electron chi connectivity index (χ0n) is 11.7. The number of rotatable bonds is 4. The van der Waals surface area contributed by atoms with Crippen LogP contribution in [0.5, 0.6) is 11.5 Å². The van der Waals surface area contributed by atoms with Gasteiger partial charge >= 0.3 is 5.97 Å². The number of phenolic OH excluding ortho intramolecular Hbond substituents is 1. The first-order chi connectivity index (χ1) is 9.47. The number of likely N-dealkylation sites (tertiary alicyclic amines) is 1. The summed E-state index contributed by atoms with van der Waals surface area (Å²) in [7, 11) is 3.35. The molecule has 1 aliphatic rings. The Kier molecular flexibility index (Phi) is 4.15. The van der Waals surface area contributed by atoms with Gasteiger partial charge in [-0.3, -0.25) is 4.90 Å². The third-order valence-corrected chi connectivity index (χ3v) is 3.90. The van der Waals surface area contributed by atoms with E-state index in [-0.39, 0.29) is 23.1 Å². The number of nitrogens with zero attached hydrogens (tertiary/aromatic N) is 1. The molecule has 2 atom stereocenters. The maximum atomic E-state index is 11.2. The lowest BCUT2D eigenvalue weighted by atomic mass is 9.97. The van der Waals surface area contributed by atoms with Crippen molar-refractivity contribution in [2.75, 3.05) is 27.2 Å². The van der Waals surface area contributed by atoms with Crippen molar-refractivity contribution in [3.05, 3.63) is 23.3 Å². The van der Waals surface area contributed by atoms with Crippen molar-refractivity contribution in [3.63, 3.8) is 0 Å². The lowest BCUT2D eigenvalue weighted by Crippen LogP contribution is -2.20. The molecule has 2 rings (SSSR count). The van der Waals surface area contributed by atoms with Crippen LogP contribution in [0.3, 0.4) is 0 Å². The van der Waals surface area contributed by atoms with Crippen molar-refractivity contribution in [2.24, 2.45) is 11.7 Å². The summed E-state index contributed by atoms with van der Waals surface area (Å²) in [6.45, 7) is 1.41. The second kappa shape index (κ2) is 5.68. The number of aromatic carboxylic acids is 1. The smallest absolute Gasteiger partial charge is 0.335 e. The largest absolute Gasteiger partial charge is 0.504 e. The third kappa shape index (κ3) is 2.57. The molecule has 0 aromatic heterocycles. The van der Waals surface area contributed by atoms with Crippen LogP contribution in [0, 0.1) is 5.92 Å². The molecule has 6 nitrogen and oxygen atoms in total. The predicted octanol–water partition coefficient (Wildman–Crippen LogP) is 1.05. The molecule has 0 spiro atoms. The van der Waals surface area contributed by atoms with Gasteiger partial charge in [-0.1, -0.05) is 0 Å². The van der Waals surface area contributed by atoms with Gasteiger partial charge in [-0.2, -0.15) is 0 Å². The summed E-state index contributed by atoms with van der Waals surface area (Å²) in [6, 6.07) is 2.80. The van der Waals surface area contributed by atoms with Crippen molar-refractivity contribution in [1.82, 2.24) is 4.90 Å². The molecule has 1 fully saturated rings. The first-order valence-corrected chi connectivity index (χ1v) is 6.52. The summed E-state index contributed by atoms with van der Waals surface area (Å²) >= 11 is 0. The molecule has 1 heterocycles. The third-order valence-electron chi connectivity index (χ3n) is 3.90. The zero-order chi connectivity index (χ0) is 14.9. The first-order valence-electron chi connectivity index (χ1n) is 6.52. The highest BCUT2D eigenvalue weighted by molar-refractivity contribution is 5.89. The number of hydrogen-bond donors (Lipinski definition) is 3. The molecule has 0 saturated carbocycles. The van der Waals surface area contributed by atoms with E-state index in [1.165, 1.54) is 19.2 Å². The Morgan fingerprint density at radius 2 is 2.25 bits per heavy atom. The SMILES string of the molecule is COc1cc(C(=O)O)cc(C2CC(CN)CN2C)c1O. The van der Waals surface area contributed by atoms with Gasteiger partial charge in [-0.25, -0.2) is 4.79 Å². The summed E-state index contributed by atoms with van der Waals surface area (Å²) in [5, 5.41) is 19.4. The van der Waals surface area contributed by atoms with Crippen LogP contribution in [0.15, 0.2) is 12.1 Å². The minimum atomic E-state index is -1.04. The van der Waals surface area contributed by atoms with Crippen LogP contribution in [-0.2, 0) is 0 Å². The molecule has 4 N–H and O–H groups in total. The van der Waals surface area contributed by atoms with Crippen molar-refractivity contribution in [3.8, 4) is 11.5 Å². The molecule has 20 heavy (non-hydrogen) atoms. The fourth-order valence-corrected chi connectivity index (χ4v) is 2.80. The van der Waals surface area contributed by atoms with E-state index < -0.39 is 5.97 Å². The average Bonchev–Trinajstić information content (AvgIpc) is 2.80. The predicted molar refractivity (Wildman–Crippen MR) is 74.2 cm³/mol. The van der Waals surface area contributed by atoms with Gasteiger partial charge in [0.2, 0.25) is 0 Å². The highest BCUT2D eigenvalue weighted by Crippen LogP contribution is 2.42. The number of carboxylic acids is 1. The number of ether oxygens (including phenoxy) is 1. The lowest BCUT2D eigenvalue weighted by molar-refractivity contribution is 0.0696. The molecule has 0 radical (unpaired) electrons. The van der Waals surface area contributed by atoms with Crippen molar-refractivity contribution >= 4 is 5.97 Å². The molecule has 110 valence electrons. The Morgan fingerprint density at radius 1 is 1.55 bits per heavy atom. The highest BCUT2D eigenvalue weighted by atomic mass is 16.5. The van der Waals surface area contributed by atoms with Crippen LogP contribution in [0.1, 0.15) is 28.4 Å². The van der Waals surface area contributed by atoms with Crippen LogP contribution < -0.4 is 10.5 Å². The highest BCUT2D eigenvalue weighted by Gasteiger charge is 2.32. The van der Waals surface area contributed by atoms with Gasteiger partial charge in [0.25, 0.3) is 0 Å². The first kappa shape index (κ1) is 14.6. The second-order valence-corrected chi connectivity index (χ2v) is 5.21. The van der Waals surface area contributed by atoms with Gasteiger partial charge in [0.05, 0.1) is 12.7 Å². The fourth-order valence-electron chi connectivity index (χ4n) is 2.80. The number of carbonyl (C=O) groups is 1. The Balaban J connectivity index is 2.45. The summed E-state index contributed by atoms with van der Waals surface area (Å²) in [5.41, 5.74) is 6.39. The van der Waals surface area contributed by atoms with E-state index in [1.54, 1.807) is 0 Å². The number of carboxylic acid groups (broad SMARTS) is 1. The van der Waals surface area contributed by atoms with E-state index in [4.69, 9.17) is 15.6 Å². The number of methoxy groups -OCH3 is 1. The minimum absolute atomic E-state index is 0.00650. The average molecular weight is 280 g/mol. The number of aromatic hydroxyl groups is 1. The number of benzene rings is 1. The van der Waals surface area contributed by atoms with Crippen LogP contribution in [0.4, 0.5) is 0 Å². The van der Waals surface area contributed by atoms with Crippen LogP contribution in [0.2, 0.25) is 0 Å². The van der Waals surface area contributed by atoms with Crippen LogP contribution in [-0.4, -0.2) is 48.3 Å². The Bertz CT molecular complexity index is 518. The Hall–Kier alpha value is -1.79. The number of hydrogen-bond acceptors (Lipinski definition) is 5. The monoisotopic (exact) mass is 280 g/mol. The minimum Gasteiger partial charge on any atom is -0.504 e. The van der Waals surface area contributed by atoms with Gasteiger partial charge in [0.1, 0.15) is 0 Å². The lowest BCUT2D eigenvalue weighted by Gasteiger charge is -2.22. The Morgan fingerprint density at radius 3 is 2.75 bits per heavy atom. The Labute approximate surface area is 117 Å². The number of nitrogens with two attached hydrogens (primary N) is 1. The molecule has 1 aliphatic heterocycles. The quantitative estimate of drug-likeness (QED) is 0.763. The molecule has 0 aliphatic carbocycles. The van der Waals surface area contributed by atoms with Gasteiger partial charge in [0.15, 0.2) is 11.5 Å². The maximum Gasteiger partial charge on any atom is 0.335 e. The van der Waals surface area contributed by atoms with E-state index in [0.29, 0.717) is 18.0 Å². The zero-order valence-corrected chi connectivity index (χ0v) is 11.7.